The lowest BCUT2D eigenvalue weighted by molar-refractivity contribution is 0.0836. The van der Waals surface area contributed by atoms with Gasteiger partial charge in [-0.2, -0.15) is 4.39 Å². The standard InChI is InChI=1S/C8H10FN3OS/c1-3-10-7-5(6(9)13)4-11-8(12-7)14-2/h4H,3H2,1-2H3,(H,10,11,12). The molecule has 0 radical (unpaired) electrons. The van der Waals surface area contributed by atoms with Crippen molar-refractivity contribution in [2.24, 2.45) is 0 Å². The van der Waals surface area contributed by atoms with Crippen molar-refractivity contribution in [1.82, 2.24) is 9.97 Å². The number of thioether (sulfide) groups is 1. The van der Waals surface area contributed by atoms with Gasteiger partial charge in [-0.1, -0.05) is 11.8 Å². The molecule has 0 spiro atoms. The van der Waals surface area contributed by atoms with E-state index in [0.29, 0.717) is 11.7 Å². The Hall–Kier alpha value is -1.17. The maximum absolute atomic E-state index is 12.5. The Morgan fingerprint density at radius 2 is 2.43 bits per heavy atom. The van der Waals surface area contributed by atoms with Crippen LogP contribution in [0.3, 0.4) is 0 Å². The van der Waals surface area contributed by atoms with Gasteiger partial charge in [0.25, 0.3) is 0 Å². The summed E-state index contributed by atoms with van der Waals surface area (Å²) in [6.07, 6.45) is 3.00. The van der Waals surface area contributed by atoms with Crippen LogP contribution in [-0.2, 0) is 0 Å². The van der Waals surface area contributed by atoms with E-state index in [1.54, 1.807) is 0 Å². The van der Waals surface area contributed by atoms with Crippen molar-refractivity contribution in [3.8, 4) is 0 Å². The van der Waals surface area contributed by atoms with Gasteiger partial charge in [-0.15, -0.1) is 0 Å². The van der Waals surface area contributed by atoms with Crippen molar-refractivity contribution in [2.75, 3.05) is 18.1 Å². The van der Waals surface area contributed by atoms with Gasteiger partial charge >= 0.3 is 6.04 Å². The number of halogens is 1. The van der Waals surface area contributed by atoms with Gasteiger partial charge in [-0.25, -0.2) is 9.97 Å². The summed E-state index contributed by atoms with van der Waals surface area (Å²) in [6.45, 7) is 2.42. The SMILES string of the molecule is CCNc1nc(SC)ncc1C(=O)F. The van der Waals surface area contributed by atoms with Crippen molar-refractivity contribution in [3.05, 3.63) is 11.8 Å². The van der Waals surface area contributed by atoms with Crippen LogP contribution >= 0.6 is 11.8 Å². The third-order valence-corrected chi connectivity index (χ3v) is 2.07. The summed E-state index contributed by atoms with van der Waals surface area (Å²) in [5, 5.41) is 3.31. The van der Waals surface area contributed by atoms with Gasteiger partial charge in [0.15, 0.2) is 5.16 Å². The maximum Gasteiger partial charge on any atom is 0.337 e. The number of nitrogens with one attached hydrogen (secondary N) is 1. The highest BCUT2D eigenvalue weighted by atomic mass is 32.2. The molecule has 0 saturated carbocycles. The molecule has 0 amide bonds. The predicted octanol–water partition coefficient (Wildman–Crippen LogP) is 1.74. The molecular formula is C8H10FN3OS. The molecule has 1 aromatic heterocycles. The van der Waals surface area contributed by atoms with E-state index in [9.17, 15) is 9.18 Å². The lowest BCUT2D eigenvalue weighted by Crippen LogP contribution is -2.07. The van der Waals surface area contributed by atoms with Gasteiger partial charge in [0.05, 0.1) is 0 Å². The van der Waals surface area contributed by atoms with E-state index in [1.807, 2.05) is 13.2 Å². The molecule has 0 aromatic carbocycles. The summed E-state index contributed by atoms with van der Waals surface area (Å²) in [4.78, 5) is 18.3. The van der Waals surface area contributed by atoms with Gasteiger partial charge in [0, 0.05) is 12.7 Å². The van der Waals surface area contributed by atoms with Crippen LogP contribution < -0.4 is 5.32 Å². The van der Waals surface area contributed by atoms with Crippen molar-refractivity contribution in [3.63, 3.8) is 0 Å². The fraction of sp³-hybridized carbons (Fsp3) is 0.375. The monoisotopic (exact) mass is 215 g/mol. The first-order chi connectivity index (χ1) is 6.69. The van der Waals surface area contributed by atoms with Crippen LogP contribution in [-0.4, -0.2) is 28.8 Å². The largest absolute Gasteiger partial charge is 0.370 e. The quantitative estimate of drug-likeness (QED) is 0.471. The van der Waals surface area contributed by atoms with E-state index in [1.165, 1.54) is 18.0 Å². The van der Waals surface area contributed by atoms with Crippen LogP contribution in [0.15, 0.2) is 11.4 Å². The fourth-order valence-corrected chi connectivity index (χ4v) is 1.25. The first-order valence-electron chi connectivity index (χ1n) is 4.03. The zero-order chi connectivity index (χ0) is 10.6. The van der Waals surface area contributed by atoms with Crippen molar-refractivity contribution in [1.29, 1.82) is 0 Å². The van der Waals surface area contributed by atoms with Crippen LogP contribution in [0.2, 0.25) is 0 Å². The lowest BCUT2D eigenvalue weighted by atomic mass is 10.3. The second kappa shape index (κ2) is 4.90. The Morgan fingerprint density at radius 1 is 1.71 bits per heavy atom. The molecule has 76 valence electrons. The number of rotatable bonds is 4. The zero-order valence-electron chi connectivity index (χ0n) is 7.87. The first-order valence-corrected chi connectivity index (χ1v) is 5.26. The van der Waals surface area contributed by atoms with Crippen LogP contribution in [0.1, 0.15) is 17.3 Å². The van der Waals surface area contributed by atoms with Crippen LogP contribution in [0.5, 0.6) is 0 Å². The molecule has 0 bridgehead atoms. The van der Waals surface area contributed by atoms with E-state index in [4.69, 9.17) is 0 Å². The highest BCUT2D eigenvalue weighted by Crippen LogP contribution is 2.17. The predicted molar refractivity (Wildman–Crippen MR) is 53.4 cm³/mol. The molecule has 1 heterocycles. The Labute approximate surface area is 85.3 Å². The van der Waals surface area contributed by atoms with Crippen molar-refractivity contribution >= 4 is 23.6 Å². The third-order valence-electron chi connectivity index (χ3n) is 1.51. The molecule has 1 aromatic rings. The second-order valence-corrected chi connectivity index (χ2v) is 3.20. The van der Waals surface area contributed by atoms with Gasteiger partial charge in [0.2, 0.25) is 0 Å². The van der Waals surface area contributed by atoms with E-state index in [2.05, 4.69) is 15.3 Å². The maximum atomic E-state index is 12.5. The third kappa shape index (κ3) is 2.41. The summed E-state index contributed by atoms with van der Waals surface area (Å²) < 4.78 is 12.5. The molecule has 14 heavy (non-hydrogen) atoms. The van der Waals surface area contributed by atoms with E-state index in [-0.39, 0.29) is 11.4 Å². The van der Waals surface area contributed by atoms with Crippen LogP contribution in [0.4, 0.5) is 10.2 Å². The molecule has 0 aliphatic carbocycles. The van der Waals surface area contributed by atoms with Crippen molar-refractivity contribution in [2.45, 2.75) is 12.1 Å². The van der Waals surface area contributed by atoms with Gasteiger partial charge in [0.1, 0.15) is 11.4 Å². The minimum atomic E-state index is -1.52. The van der Waals surface area contributed by atoms with E-state index < -0.39 is 6.04 Å². The number of hydrogen-bond donors (Lipinski definition) is 1. The average molecular weight is 215 g/mol. The van der Waals surface area contributed by atoms with Gasteiger partial charge in [-0.05, 0) is 13.2 Å². The first kappa shape index (κ1) is 10.9. The van der Waals surface area contributed by atoms with Crippen LogP contribution in [0, 0.1) is 0 Å². The zero-order valence-corrected chi connectivity index (χ0v) is 8.69. The fourth-order valence-electron chi connectivity index (χ4n) is 0.910. The number of carbonyl (C=O) groups is 1. The minimum Gasteiger partial charge on any atom is -0.370 e. The molecule has 1 rings (SSSR count). The Morgan fingerprint density at radius 3 is 2.93 bits per heavy atom. The molecule has 1 N–H and O–H groups in total. The summed E-state index contributed by atoms with van der Waals surface area (Å²) in [5.41, 5.74) is -0.121. The molecule has 0 unspecified atom stereocenters. The van der Waals surface area contributed by atoms with E-state index in [0.717, 1.165) is 0 Å². The summed E-state index contributed by atoms with van der Waals surface area (Å²) in [5.74, 6) is 0.249. The highest BCUT2D eigenvalue weighted by molar-refractivity contribution is 7.98. The molecular weight excluding hydrogens is 205 g/mol. The van der Waals surface area contributed by atoms with E-state index >= 15 is 0 Å². The average Bonchev–Trinajstić information content (AvgIpc) is 2.17. The van der Waals surface area contributed by atoms with Crippen molar-refractivity contribution < 1.29 is 9.18 Å². The number of hydrogen-bond acceptors (Lipinski definition) is 5. The summed E-state index contributed by atoms with van der Waals surface area (Å²) in [6, 6.07) is -1.52. The lowest BCUT2D eigenvalue weighted by Gasteiger charge is -2.06. The van der Waals surface area contributed by atoms with Crippen LogP contribution in [0.25, 0.3) is 0 Å². The number of aromatic nitrogens is 2. The topological polar surface area (TPSA) is 54.9 Å². The summed E-state index contributed by atoms with van der Waals surface area (Å²) >= 11 is 1.33. The molecule has 0 aliphatic rings. The minimum absolute atomic E-state index is 0.121. The second-order valence-electron chi connectivity index (χ2n) is 2.42. The normalized spacial score (nSPS) is 9.93. The molecule has 4 nitrogen and oxygen atoms in total. The smallest absolute Gasteiger partial charge is 0.337 e. The number of carbonyl (C=O) groups excluding carboxylic acids is 1. The molecule has 0 fully saturated rings. The van der Waals surface area contributed by atoms with Gasteiger partial charge < -0.3 is 5.32 Å². The highest BCUT2D eigenvalue weighted by Gasteiger charge is 2.12. The molecule has 0 saturated heterocycles. The Kier molecular flexibility index (Phi) is 3.82. The van der Waals surface area contributed by atoms with Gasteiger partial charge in [-0.3, -0.25) is 4.79 Å². The molecule has 6 heteroatoms. The Balaban J connectivity index is 3.10. The summed E-state index contributed by atoms with van der Waals surface area (Å²) in [7, 11) is 0. The molecule has 0 atom stereocenters. The Bertz CT molecular complexity index is 345. The number of nitrogens with zero attached hydrogens (tertiary/aromatic N) is 2. The number of anilines is 1. The molecule has 0 aliphatic heterocycles.